The molecule has 0 atom stereocenters. The number of hydrogen-bond donors (Lipinski definition) is 3. The van der Waals surface area contributed by atoms with E-state index in [1.54, 1.807) is 0 Å². The van der Waals surface area contributed by atoms with Crippen LogP contribution in [0, 0.1) is 4.91 Å². The smallest absolute Gasteiger partial charge is 0.378 e. The summed E-state index contributed by atoms with van der Waals surface area (Å²) >= 11 is 0. The predicted molar refractivity (Wildman–Crippen MR) is 44.3 cm³/mol. The molecule has 0 radical (unpaired) electrons. The Morgan fingerprint density at radius 1 is 1.07 bits per heavy atom. The van der Waals surface area contributed by atoms with Gasteiger partial charge in [0.2, 0.25) is 5.82 Å². The standard InChI is InChI=1S/C4H5N8O3/c5-1-3(10-14-8-1)7-12(13)4-2(6)9-15-11-4/h(H2,5,8)(H2,6,9)(H,7,10,13)/q+1. The first kappa shape index (κ1) is 8.86. The minimum absolute atomic E-state index is 0.0626. The molecule has 0 saturated carbocycles. The Bertz CT molecular complexity index is 488. The maximum absolute atomic E-state index is 11.3. The summed E-state index contributed by atoms with van der Waals surface area (Å²) in [5.74, 6) is -0.566. The topological polar surface area (TPSA) is 162 Å². The summed E-state index contributed by atoms with van der Waals surface area (Å²) in [5.41, 5.74) is 12.7. The molecule has 0 aliphatic heterocycles. The third kappa shape index (κ3) is 1.52. The number of hydrogen-bond acceptors (Lipinski definition) is 9. The Hall–Kier alpha value is -2.72. The van der Waals surface area contributed by atoms with Crippen molar-refractivity contribution in [1.29, 1.82) is 0 Å². The predicted octanol–water partition coefficient (Wildman–Crippen LogP) is -0.946. The first-order valence-electron chi connectivity index (χ1n) is 3.58. The van der Waals surface area contributed by atoms with Crippen LogP contribution < -0.4 is 16.9 Å². The van der Waals surface area contributed by atoms with Crippen molar-refractivity contribution in [3.8, 4) is 0 Å². The van der Waals surface area contributed by atoms with Gasteiger partial charge in [-0.25, -0.2) is 4.63 Å². The van der Waals surface area contributed by atoms with Crippen LogP contribution in [-0.2, 0) is 0 Å². The van der Waals surface area contributed by atoms with Gasteiger partial charge in [-0.3, -0.25) is 0 Å². The van der Waals surface area contributed by atoms with E-state index < -0.39 is 0 Å². The second kappa shape index (κ2) is 3.21. The number of nitrogens with one attached hydrogen (secondary N) is 1. The minimum Gasteiger partial charge on any atom is -0.378 e. The van der Waals surface area contributed by atoms with Crippen molar-refractivity contribution in [1.82, 2.24) is 20.6 Å². The van der Waals surface area contributed by atoms with E-state index in [-0.39, 0.29) is 28.1 Å². The molecule has 0 aromatic carbocycles. The van der Waals surface area contributed by atoms with Gasteiger partial charge in [0.1, 0.15) is 4.87 Å². The Labute approximate surface area is 80.9 Å². The number of nitrogen functional groups attached to an aromatic ring is 2. The van der Waals surface area contributed by atoms with Crippen molar-refractivity contribution in [3.63, 3.8) is 0 Å². The molecule has 2 rings (SSSR count). The first-order chi connectivity index (χ1) is 7.18. The lowest BCUT2D eigenvalue weighted by Crippen LogP contribution is -2.13. The van der Waals surface area contributed by atoms with Crippen molar-refractivity contribution in [2.45, 2.75) is 0 Å². The van der Waals surface area contributed by atoms with Crippen LogP contribution in [0.2, 0.25) is 0 Å². The molecule has 11 heteroatoms. The van der Waals surface area contributed by atoms with Crippen LogP contribution in [0.15, 0.2) is 9.26 Å². The number of anilines is 3. The molecule has 15 heavy (non-hydrogen) atoms. The van der Waals surface area contributed by atoms with Gasteiger partial charge in [-0.05, 0) is 15.2 Å². The van der Waals surface area contributed by atoms with Gasteiger partial charge in [0.25, 0.3) is 11.6 Å². The number of aromatic nitrogens is 4. The lowest BCUT2D eigenvalue weighted by Gasteiger charge is -1.91. The van der Waals surface area contributed by atoms with E-state index >= 15 is 0 Å². The molecular formula is C4H5N8O3+. The summed E-state index contributed by atoms with van der Waals surface area (Å²) < 4.78 is 8.47. The van der Waals surface area contributed by atoms with Gasteiger partial charge in [0.15, 0.2) is 5.16 Å². The van der Waals surface area contributed by atoms with Crippen molar-refractivity contribution >= 4 is 23.3 Å². The van der Waals surface area contributed by atoms with Crippen molar-refractivity contribution in [3.05, 3.63) is 4.91 Å². The van der Waals surface area contributed by atoms with Gasteiger partial charge in [0.05, 0.1) is 0 Å². The average Bonchev–Trinajstić information content (AvgIpc) is 2.76. The molecule has 0 saturated heterocycles. The molecule has 5 N–H and O–H groups in total. The number of hydrazine groups is 1. The van der Waals surface area contributed by atoms with Gasteiger partial charge >= 0.3 is 5.82 Å². The fraction of sp³-hybridized carbons (Fsp3) is 0. The van der Waals surface area contributed by atoms with E-state index in [1.807, 2.05) is 0 Å². The Balaban J connectivity index is 2.18. The number of rotatable bonds is 3. The number of nitrogens with zero attached hydrogens (tertiary/aromatic N) is 5. The minimum atomic E-state index is -0.252. The van der Waals surface area contributed by atoms with Gasteiger partial charge in [-0.1, -0.05) is 0 Å². The van der Waals surface area contributed by atoms with Crippen molar-refractivity contribution in [2.24, 2.45) is 0 Å². The quantitative estimate of drug-likeness (QED) is 0.428. The SMILES string of the molecule is Nc1nonc1N[N+](=O)c1nonc1N. The van der Waals surface area contributed by atoms with Gasteiger partial charge in [-0.15, -0.1) is 4.63 Å². The molecule has 0 spiro atoms. The lowest BCUT2D eigenvalue weighted by molar-refractivity contribution is -0.432. The molecule has 0 aliphatic rings. The van der Waals surface area contributed by atoms with Crippen LogP contribution in [0.5, 0.6) is 0 Å². The largest absolute Gasteiger partial charge is 0.481 e. The van der Waals surface area contributed by atoms with E-state index in [4.69, 9.17) is 11.5 Å². The number of nitroso groups, excluding NO2 is 1. The Morgan fingerprint density at radius 2 is 1.73 bits per heavy atom. The summed E-state index contributed by atoms with van der Waals surface area (Å²) in [6.45, 7) is 0. The highest BCUT2D eigenvalue weighted by atomic mass is 16.6. The molecule has 2 heterocycles. The monoisotopic (exact) mass is 213 g/mol. The van der Waals surface area contributed by atoms with Crippen molar-refractivity contribution in [2.75, 3.05) is 16.9 Å². The molecule has 2 aromatic rings. The van der Waals surface area contributed by atoms with Crippen LogP contribution >= 0.6 is 0 Å². The third-order valence-corrected chi connectivity index (χ3v) is 1.41. The lowest BCUT2D eigenvalue weighted by atomic mass is 10.6. The van der Waals surface area contributed by atoms with E-state index in [0.717, 1.165) is 0 Å². The zero-order valence-electron chi connectivity index (χ0n) is 7.12. The molecular weight excluding hydrogens is 208 g/mol. The second-order valence-electron chi connectivity index (χ2n) is 2.38. The van der Waals surface area contributed by atoms with Crippen LogP contribution in [-0.4, -0.2) is 25.5 Å². The normalized spacial score (nSPS) is 10.1. The second-order valence-corrected chi connectivity index (χ2v) is 2.38. The fourth-order valence-electron chi connectivity index (χ4n) is 0.754. The Kier molecular flexibility index (Phi) is 1.89. The van der Waals surface area contributed by atoms with E-state index in [1.165, 1.54) is 0 Å². The highest BCUT2D eigenvalue weighted by Gasteiger charge is 2.26. The van der Waals surface area contributed by atoms with Crippen LogP contribution in [0.1, 0.15) is 0 Å². The van der Waals surface area contributed by atoms with Crippen molar-refractivity contribution < 1.29 is 14.1 Å². The highest BCUT2D eigenvalue weighted by Crippen LogP contribution is 2.17. The van der Waals surface area contributed by atoms with Crippen LogP contribution in [0.3, 0.4) is 0 Å². The zero-order chi connectivity index (χ0) is 10.8. The molecule has 0 bridgehead atoms. The highest BCUT2D eigenvalue weighted by molar-refractivity contribution is 5.53. The summed E-state index contributed by atoms with van der Waals surface area (Å²) in [6.07, 6.45) is 0. The summed E-state index contributed by atoms with van der Waals surface area (Å²) in [7, 11) is 0. The van der Waals surface area contributed by atoms with E-state index in [2.05, 4.69) is 35.3 Å². The number of nitrogens with two attached hydrogens (primary N) is 2. The Morgan fingerprint density at radius 3 is 2.27 bits per heavy atom. The van der Waals surface area contributed by atoms with Gasteiger partial charge < -0.3 is 11.5 Å². The zero-order valence-corrected chi connectivity index (χ0v) is 7.12. The molecule has 0 unspecified atom stereocenters. The first-order valence-corrected chi connectivity index (χ1v) is 3.58. The van der Waals surface area contributed by atoms with Gasteiger partial charge in [-0.2, -0.15) is 5.43 Å². The van der Waals surface area contributed by atoms with Crippen LogP contribution in [0.4, 0.5) is 23.3 Å². The van der Waals surface area contributed by atoms with E-state index in [0.29, 0.717) is 0 Å². The average molecular weight is 213 g/mol. The molecule has 11 nitrogen and oxygen atoms in total. The third-order valence-electron chi connectivity index (χ3n) is 1.41. The molecule has 0 fully saturated rings. The molecule has 0 aliphatic carbocycles. The van der Waals surface area contributed by atoms with Gasteiger partial charge in [0, 0.05) is 5.16 Å². The summed E-state index contributed by atoms with van der Waals surface area (Å²) in [6, 6.07) is 0. The molecule has 78 valence electrons. The molecule has 2 aromatic heterocycles. The van der Waals surface area contributed by atoms with E-state index in [9.17, 15) is 4.91 Å². The summed E-state index contributed by atoms with van der Waals surface area (Å²) in [4.78, 5) is 11.5. The van der Waals surface area contributed by atoms with Crippen LogP contribution in [0.25, 0.3) is 0 Å². The summed E-state index contributed by atoms with van der Waals surface area (Å²) in [5, 5.41) is 13.0. The maximum Gasteiger partial charge on any atom is 0.481 e. The fourth-order valence-corrected chi connectivity index (χ4v) is 0.754. The molecule has 0 amide bonds. The maximum atomic E-state index is 11.3.